The van der Waals surface area contributed by atoms with E-state index in [0.29, 0.717) is 11.3 Å². The van der Waals surface area contributed by atoms with E-state index in [9.17, 15) is 12.8 Å². The van der Waals surface area contributed by atoms with Crippen LogP contribution in [-0.2, 0) is 23.6 Å². The summed E-state index contributed by atoms with van der Waals surface area (Å²) in [6.45, 7) is 1.84. The number of sulfonamides is 1. The van der Waals surface area contributed by atoms with E-state index in [1.165, 1.54) is 18.3 Å². The fourth-order valence-electron chi connectivity index (χ4n) is 2.12. The topological polar surface area (TPSA) is 77.1 Å². The maximum atomic E-state index is 13.7. The minimum Gasteiger partial charge on any atom is -0.352 e. The van der Waals surface area contributed by atoms with Crippen LogP contribution in [0, 0.1) is 5.82 Å². The minimum atomic E-state index is -3.73. The van der Waals surface area contributed by atoms with Gasteiger partial charge in [-0.1, -0.05) is 18.2 Å². The quantitative estimate of drug-likeness (QED) is 0.881. The predicted octanol–water partition coefficient (Wildman–Crippen LogP) is 1.66. The van der Waals surface area contributed by atoms with E-state index >= 15 is 0 Å². The summed E-state index contributed by atoms with van der Waals surface area (Å²) in [5.41, 5.74) is 6.54. The average molecular weight is 311 g/mol. The van der Waals surface area contributed by atoms with Gasteiger partial charge < -0.3 is 10.3 Å². The molecule has 114 valence electrons. The Morgan fingerprint density at radius 3 is 2.62 bits per heavy atom. The molecule has 0 saturated carbocycles. The Kier molecular flexibility index (Phi) is 4.46. The van der Waals surface area contributed by atoms with Gasteiger partial charge in [-0.05, 0) is 19.1 Å². The van der Waals surface area contributed by atoms with Crippen molar-refractivity contribution in [3.8, 4) is 0 Å². The number of nitrogens with two attached hydrogens (primary N) is 1. The average Bonchev–Trinajstić information content (AvgIpc) is 2.80. The maximum Gasteiger partial charge on any atom is 0.242 e. The molecule has 3 N–H and O–H groups in total. The third-order valence-electron chi connectivity index (χ3n) is 3.31. The van der Waals surface area contributed by atoms with Crippen LogP contribution >= 0.6 is 0 Å². The molecule has 0 aliphatic carbocycles. The normalized spacial score (nSPS) is 13.3. The lowest BCUT2D eigenvalue weighted by molar-refractivity contribution is 0.550. The first-order valence-electron chi connectivity index (χ1n) is 6.47. The van der Waals surface area contributed by atoms with E-state index in [1.54, 1.807) is 36.7 Å². The Morgan fingerprint density at radius 1 is 1.38 bits per heavy atom. The summed E-state index contributed by atoms with van der Waals surface area (Å²) in [6, 6.07) is 6.92. The Hall–Kier alpha value is -1.70. The molecular formula is C14H18FN3O2S. The van der Waals surface area contributed by atoms with Crippen molar-refractivity contribution in [3.05, 3.63) is 53.6 Å². The molecule has 1 aromatic carbocycles. The van der Waals surface area contributed by atoms with Crippen molar-refractivity contribution < 1.29 is 12.8 Å². The van der Waals surface area contributed by atoms with E-state index < -0.39 is 21.9 Å². The number of hydrogen-bond acceptors (Lipinski definition) is 3. The minimum absolute atomic E-state index is 0.119. The van der Waals surface area contributed by atoms with Crippen LogP contribution in [0.4, 0.5) is 4.39 Å². The third-order valence-corrected chi connectivity index (χ3v) is 4.81. The zero-order chi connectivity index (χ0) is 15.6. The van der Waals surface area contributed by atoms with Gasteiger partial charge in [-0.15, -0.1) is 0 Å². The number of aromatic nitrogens is 1. The number of nitrogens with one attached hydrogen (secondary N) is 1. The van der Waals surface area contributed by atoms with Crippen LogP contribution in [0.2, 0.25) is 0 Å². The summed E-state index contributed by atoms with van der Waals surface area (Å²) in [7, 11) is -2.01. The molecule has 0 fully saturated rings. The molecular weight excluding hydrogens is 293 g/mol. The van der Waals surface area contributed by atoms with Crippen LogP contribution in [0.1, 0.15) is 24.2 Å². The molecule has 7 heteroatoms. The van der Waals surface area contributed by atoms with E-state index in [0.717, 1.165) is 0 Å². The van der Waals surface area contributed by atoms with Gasteiger partial charge in [0.15, 0.2) is 0 Å². The highest BCUT2D eigenvalue weighted by atomic mass is 32.2. The van der Waals surface area contributed by atoms with Gasteiger partial charge in [0.05, 0.1) is 4.90 Å². The molecule has 0 aliphatic heterocycles. The van der Waals surface area contributed by atoms with Crippen LogP contribution in [0.5, 0.6) is 0 Å². The molecule has 1 aromatic heterocycles. The molecule has 0 bridgehead atoms. The number of aryl methyl sites for hydroxylation is 1. The van der Waals surface area contributed by atoms with Crippen molar-refractivity contribution in [2.45, 2.75) is 24.4 Å². The Labute approximate surface area is 123 Å². The summed E-state index contributed by atoms with van der Waals surface area (Å²) < 4.78 is 42.5. The first-order chi connectivity index (χ1) is 9.85. The van der Waals surface area contributed by atoms with Crippen molar-refractivity contribution in [3.63, 3.8) is 0 Å². The Balaban J connectivity index is 2.27. The van der Waals surface area contributed by atoms with Crippen LogP contribution in [-0.4, -0.2) is 13.0 Å². The van der Waals surface area contributed by atoms with Crippen LogP contribution in [0.3, 0.4) is 0 Å². The monoisotopic (exact) mass is 311 g/mol. The summed E-state index contributed by atoms with van der Waals surface area (Å²) in [6.07, 6.45) is 1.48. The van der Waals surface area contributed by atoms with Gasteiger partial charge in [-0.3, -0.25) is 0 Å². The molecule has 0 radical (unpaired) electrons. The lowest BCUT2D eigenvalue weighted by Crippen LogP contribution is -2.27. The molecule has 1 heterocycles. The highest BCUT2D eigenvalue weighted by Crippen LogP contribution is 2.20. The van der Waals surface area contributed by atoms with E-state index in [-0.39, 0.29) is 11.4 Å². The number of halogens is 1. The molecule has 2 aromatic rings. The molecule has 0 spiro atoms. The molecule has 1 unspecified atom stereocenters. The number of nitrogens with zero attached hydrogens (tertiary/aromatic N) is 1. The highest BCUT2D eigenvalue weighted by Gasteiger charge is 2.21. The second-order valence-corrected chi connectivity index (χ2v) is 6.56. The van der Waals surface area contributed by atoms with Crippen molar-refractivity contribution in [1.29, 1.82) is 0 Å². The van der Waals surface area contributed by atoms with E-state index in [2.05, 4.69) is 4.72 Å². The molecule has 0 amide bonds. The van der Waals surface area contributed by atoms with Crippen LogP contribution in [0.15, 0.2) is 41.4 Å². The van der Waals surface area contributed by atoms with Gasteiger partial charge in [0, 0.05) is 37.1 Å². The molecule has 5 nitrogen and oxygen atoms in total. The highest BCUT2D eigenvalue weighted by molar-refractivity contribution is 7.89. The molecule has 1 atom stereocenters. The smallest absolute Gasteiger partial charge is 0.242 e. The second kappa shape index (κ2) is 5.97. The lowest BCUT2D eigenvalue weighted by atomic mass is 10.1. The zero-order valence-electron chi connectivity index (χ0n) is 11.9. The predicted molar refractivity (Wildman–Crippen MR) is 78.4 cm³/mol. The fourth-order valence-corrected chi connectivity index (χ4v) is 3.43. The van der Waals surface area contributed by atoms with Gasteiger partial charge in [0.1, 0.15) is 5.82 Å². The van der Waals surface area contributed by atoms with Crippen molar-refractivity contribution in [1.82, 2.24) is 9.29 Å². The number of benzene rings is 1. The Bertz CT molecular complexity index is 740. The molecule has 0 aliphatic rings. The summed E-state index contributed by atoms with van der Waals surface area (Å²) in [5, 5.41) is 0. The second-order valence-electron chi connectivity index (χ2n) is 4.85. The van der Waals surface area contributed by atoms with E-state index in [4.69, 9.17) is 5.73 Å². The first-order valence-corrected chi connectivity index (χ1v) is 7.95. The van der Waals surface area contributed by atoms with Gasteiger partial charge in [-0.25, -0.2) is 17.5 Å². The van der Waals surface area contributed by atoms with E-state index in [1.807, 2.05) is 0 Å². The standard InChI is InChI=1S/C14H18FN3O2S/c1-10(13-5-3-4-6-14(13)15)17-21(19,20)12-7-11(8-16)18(2)9-12/h3-7,9-10,17H,8,16H2,1-2H3. The van der Waals surface area contributed by atoms with Crippen molar-refractivity contribution in [2.24, 2.45) is 12.8 Å². The molecule has 2 rings (SSSR count). The fraction of sp³-hybridized carbons (Fsp3) is 0.286. The largest absolute Gasteiger partial charge is 0.352 e. The lowest BCUT2D eigenvalue weighted by Gasteiger charge is -2.14. The zero-order valence-corrected chi connectivity index (χ0v) is 12.7. The number of rotatable bonds is 5. The molecule has 0 saturated heterocycles. The number of hydrogen-bond donors (Lipinski definition) is 2. The van der Waals surface area contributed by atoms with Gasteiger partial charge in [-0.2, -0.15) is 0 Å². The van der Waals surface area contributed by atoms with Gasteiger partial charge >= 0.3 is 0 Å². The third kappa shape index (κ3) is 3.31. The van der Waals surface area contributed by atoms with Crippen molar-refractivity contribution >= 4 is 10.0 Å². The van der Waals surface area contributed by atoms with Crippen LogP contribution in [0.25, 0.3) is 0 Å². The summed E-state index contributed by atoms with van der Waals surface area (Å²) >= 11 is 0. The van der Waals surface area contributed by atoms with Crippen molar-refractivity contribution in [2.75, 3.05) is 0 Å². The SMILES string of the molecule is CC(NS(=O)(=O)c1cc(CN)n(C)c1)c1ccccc1F. The Morgan fingerprint density at radius 2 is 2.05 bits per heavy atom. The summed E-state index contributed by atoms with van der Waals surface area (Å²) in [5.74, 6) is -0.441. The molecule has 21 heavy (non-hydrogen) atoms. The van der Waals surface area contributed by atoms with Crippen LogP contribution < -0.4 is 10.5 Å². The van der Waals surface area contributed by atoms with Gasteiger partial charge in [0.25, 0.3) is 0 Å². The first kappa shape index (κ1) is 15.7. The maximum absolute atomic E-state index is 13.7. The summed E-state index contributed by atoms with van der Waals surface area (Å²) in [4.78, 5) is 0.119. The van der Waals surface area contributed by atoms with Gasteiger partial charge in [0.2, 0.25) is 10.0 Å².